The third-order valence-electron chi connectivity index (χ3n) is 5.29. The fourth-order valence-corrected chi connectivity index (χ4v) is 3.59. The zero-order chi connectivity index (χ0) is 23.5. The smallest absolute Gasteiger partial charge is 0.322 e. The predicted octanol–water partition coefficient (Wildman–Crippen LogP) is 4.00. The molecule has 1 atom stereocenters. The Labute approximate surface area is 184 Å². The number of benzene rings is 2. The Bertz CT molecular complexity index is 1140. The van der Waals surface area contributed by atoms with E-state index in [0.717, 1.165) is 11.1 Å². The third kappa shape index (κ3) is 4.36. The third-order valence-corrected chi connectivity index (χ3v) is 5.29. The Hall–Kier alpha value is -2.90. The van der Waals surface area contributed by atoms with Crippen LogP contribution in [-0.4, -0.2) is 42.0 Å². The molecule has 0 radical (unpaired) electrons. The molecule has 170 valence electrons. The fourth-order valence-electron chi connectivity index (χ4n) is 3.59. The van der Waals surface area contributed by atoms with E-state index in [4.69, 9.17) is 14.2 Å². The molecule has 9 heteroatoms. The fraction of sp³-hybridized carbons (Fsp3) is 0.391. The highest BCUT2D eigenvalue weighted by Crippen LogP contribution is 2.36. The van der Waals surface area contributed by atoms with Crippen molar-refractivity contribution in [2.45, 2.75) is 38.9 Å². The Balaban J connectivity index is 2.20. The summed E-state index contributed by atoms with van der Waals surface area (Å²) in [5.41, 5.74) is 2.44. The average molecular weight is 445 g/mol. The summed E-state index contributed by atoms with van der Waals surface area (Å²) in [7, 11) is 2.91. The van der Waals surface area contributed by atoms with Gasteiger partial charge in [-0.25, -0.2) is 0 Å². The van der Waals surface area contributed by atoms with Crippen molar-refractivity contribution in [2.75, 3.05) is 20.8 Å². The van der Waals surface area contributed by atoms with Crippen molar-refractivity contribution in [2.24, 2.45) is 0 Å². The number of aryl methyl sites for hydroxylation is 1. The normalized spacial score (nSPS) is 13.0. The van der Waals surface area contributed by atoms with Crippen LogP contribution in [-0.2, 0) is 26.7 Å². The first kappa shape index (κ1) is 23.8. The van der Waals surface area contributed by atoms with Crippen molar-refractivity contribution in [3.05, 3.63) is 64.3 Å². The summed E-state index contributed by atoms with van der Waals surface area (Å²) in [6.45, 7) is 3.51. The summed E-state index contributed by atoms with van der Waals surface area (Å²) in [5, 5.41) is 24.4. The van der Waals surface area contributed by atoms with Crippen molar-refractivity contribution in [1.82, 2.24) is 9.78 Å². The Morgan fingerprint density at radius 2 is 1.94 bits per heavy atom. The molecule has 3 rings (SSSR count). The van der Waals surface area contributed by atoms with Crippen LogP contribution in [0.25, 0.3) is 10.9 Å². The first-order chi connectivity index (χ1) is 15.3. The van der Waals surface area contributed by atoms with Crippen molar-refractivity contribution < 1.29 is 28.1 Å². The summed E-state index contributed by atoms with van der Waals surface area (Å²) < 4.78 is 46.5. The molecule has 0 bridgehead atoms. The van der Waals surface area contributed by atoms with Gasteiger partial charge in [0.15, 0.2) is 0 Å². The van der Waals surface area contributed by atoms with Gasteiger partial charge < -0.3 is 19.3 Å². The number of hydrogen-bond acceptors (Lipinski definition) is 6. The predicted molar refractivity (Wildman–Crippen MR) is 113 cm³/mol. The zero-order valence-corrected chi connectivity index (χ0v) is 18.3. The van der Waals surface area contributed by atoms with E-state index in [2.05, 4.69) is 11.2 Å². The van der Waals surface area contributed by atoms with Gasteiger partial charge in [-0.3, -0.25) is 4.68 Å². The van der Waals surface area contributed by atoms with Gasteiger partial charge in [0.25, 0.3) is 0 Å². The van der Waals surface area contributed by atoms with E-state index < -0.39 is 24.1 Å². The molecule has 1 unspecified atom stereocenters. The highest BCUT2D eigenvalue weighted by Gasteiger charge is 2.42. The SMILES string of the molecule is CCOC(O)C(F)(F)c1ccc2c(C(OC)OC)nn(Cc3c(C)cccc3C#N)c2c1. The molecule has 2 aromatic carbocycles. The second-order valence-corrected chi connectivity index (χ2v) is 7.22. The standard InChI is InChI=1S/C23H25F2N3O4/c1-5-32-22(29)23(24,25)16-9-10-17-19(11-16)28(27-20(17)21(30-3)31-4)13-18-14(2)7-6-8-15(18)12-26/h6-11,21-22,29H,5,13H2,1-4H3. The number of hydrogen-bond donors (Lipinski definition) is 1. The van der Waals surface area contributed by atoms with Gasteiger partial charge in [0.05, 0.1) is 23.7 Å². The maximum absolute atomic E-state index is 14.8. The number of fused-ring (bicyclic) bond motifs is 1. The summed E-state index contributed by atoms with van der Waals surface area (Å²) in [5.74, 6) is -3.64. The van der Waals surface area contributed by atoms with E-state index in [1.54, 1.807) is 12.1 Å². The zero-order valence-electron chi connectivity index (χ0n) is 18.3. The molecule has 0 aliphatic heterocycles. The number of alkyl halides is 2. The molecule has 0 fully saturated rings. The number of halogens is 2. The average Bonchev–Trinajstić information content (AvgIpc) is 3.14. The van der Waals surface area contributed by atoms with Crippen molar-refractivity contribution >= 4 is 10.9 Å². The molecule has 3 aromatic rings. The maximum atomic E-state index is 14.8. The van der Waals surface area contributed by atoms with Crippen LogP contribution in [0, 0.1) is 18.3 Å². The van der Waals surface area contributed by atoms with Gasteiger partial charge >= 0.3 is 5.92 Å². The molecule has 1 heterocycles. The second-order valence-electron chi connectivity index (χ2n) is 7.22. The lowest BCUT2D eigenvalue weighted by Gasteiger charge is -2.22. The van der Waals surface area contributed by atoms with Gasteiger partial charge in [0, 0.05) is 31.8 Å². The number of methoxy groups -OCH3 is 2. The van der Waals surface area contributed by atoms with Gasteiger partial charge in [-0.15, -0.1) is 0 Å². The lowest BCUT2D eigenvalue weighted by atomic mass is 10.0. The molecule has 0 saturated carbocycles. The van der Waals surface area contributed by atoms with E-state index in [-0.39, 0.29) is 13.2 Å². The van der Waals surface area contributed by atoms with E-state index >= 15 is 0 Å². The van der Waals surface area contributed by atoms with Gasteiger partial charge in [-0.1, -0.05) is 24.3 Å². The molecule has 0 spiro atoms. The monoisotopic (exact) mass is 445 g/mol. The van der Waals surface area contributed by atoms with Crippen molar-refractivity contribution in [3.8, 4) is 6.07 Å². The second kappa shape index (κ2) is 9.71. The molecular formula is C23H25F2N3O4. The number of nitrogens with zero attached hydrogens (tertiary/aromatic N) is 3. The number of aromatic nitrogens is 2. The Morgan fingerprint density at radius 3 is 2.56 bits per heavy atom. The highest BCUT2D eigenvalue weighted by molar-refractivity contribution is 5.83. The number of aliphatic hydroxyl groups is 1. The Morgan fingerprint density at radius 1 is 1.22 bits per heavy atom. The van der Waals surface area contributed by atoms with Gasteiger partial charge in [-0.05, 0) is 37.1 Å². The van der Waals surface area contributed by atoms with Crippen LogP contribution in [0.15, 0.2) is 36.4 Å². The number of nitriles is 1. The lowest BCUT2D eigenvalue weighted by Crippen LogP contribution is -2.33. The number of ether oxygens (including phenoxy) is 3. The first-order valence-electron chi connectivity index (χ1n) is 10.0. The summed E-state index contributed by atoms with van der Waals surface area (Å²) in [6.07, 6.45) is -3.10. The largest absolute Gasteiger partial charge is 0.363 e. The minimum Gasteiger partial charge on any atom is -0.363 e. The molecule has 0 amide bonds. The van der Waals surface area contributed by atoms with Crippen LogP contribution in [0.1, 0.15) is 41.2 Å². The van der Waals surface area contributed by atoms with Crippen LogP contribution in [0.5, 0.6) is 0 Å². The quantitative estimate of drug-likeness (QED) is 0.501. The van der Waals surface area contributed by atoms with Crippen LogP contribution >= 0.6 is 0 Å². The highest BCUT2D eigenvalue weighted by atomic mass is 19.3. The summed E-state index contributed by atoms with van der Waals surface area (Å²) in [6, 6.07) is 11.5. The molecule has 1 N–H and O–H groups in total. The molecule has 0 saturated heterocycles. The summed E-state index contributed by atoms with van der Waals surface area (Å²) in [4.78, 5) is 0. The van der Waals surface area contributed by atoms with E-state index in [1.807, 2.05) is 13.0 Å². The number of rotatable bonds is 9. The Kier molecular flexibility index (Phi) is 7.21. The van der Waals surface area contributed by atoms with E-state index in [0.29, 0.717) is 22.2 Å². The molecule has 32 heavy (non-hydrogen) atoms. The maximum Gasteiger partial charge on any atom is 0.322 e. The van der Waals surface area contributed by atoms with Gasteiger partial charge in [0.1, 0.15) is 5.69 Å². The topological polar surface area (TPSA) is 89.5 Å². The van der Waals surface area contributed by atoms with E-state index in [1.165, 1.54) is 44.0 Å². The molecular weight excluding hydrogens is 420 g/mol. The molecule has 7 nitrogen and oxygen atoms in total. The van der Waals surface area contributed by atoms with Crippen LogP contribution < -0.4 is 0 Å². The van der Waals surface area contributed by atoms with Crippen molar-refractivity contribution in [1.29, 1.82) is 5.26 Å². The van der Waals surface area contributed by atoms with Crippen LogP contribution in [0.3, 0.4) is 0 Å². The minimum absolute atomic E-state index is 0.0609. The lowest BCUT2D eigenvalue weighted by molar-refractivity contribution is -0.238. The first-order valence-corrected chi connectivity index (χ1v) is 10.0. The minimum atomic E-state index is -3.64. The van der Waals surface area contributed by atoms with Crippen molar-refractivity contribution in [3.63, 3.8) is 0 Å². The molecule has 0 aliphatic rings. The van der Waals surface area contributed by atoms with Gasteiger partial charge in [-0.2, -0.15) is 19.1 Å². The summed E-state index contributed by atoms with van der Waals surface area (Å²) >= 11 is 0. The number of aliphatic hydroxyl groups excluding tert-OH is 1. The molecule has 1 aromatic heterocycles. The molecule has 0 aliphatic carbocycles. The van der Waals surface area contributed by atoms with Gasteiger partial charge in [0.2, 0.25) is 12.6 Å². The van der Waals surface area contributed by atoms with E-state index in [9.17, 15) is 19.1 Å². The van der Waals surface area contributed by atoms with Crippen LogP contribution in [0.4, 0.5) is 8.78 Å². The van der Waals surface area contributed by atoms with Crippen LogP contribution in [0.2, 0.25) is 0 Å².